The smallest absolute Gasteiger partial charge is 0.311 e. The minimum absolute atomic E-state index is 0.115. The number of methoxy groups -OCH3 is 1. The fourth-order valence-corrected chi connectivity index (χ4v) is 10.2. The van der Waals surface area contributed by atoms with Gasteiger partial charge in [0.2, 0.25) is 0 Å². The number of carbonyl (C=O) groups is 2. The van der Waals surface area contributed by atoms with Gasteiger partial charge in [0, 0.05) is 58.2 Å². The number of rotatable bonds is 13. The van der Waals surface area contributed by atoms with E-state index in [0.717, 1.165) is 0 Å². The molecule has 0 unspecified atom stereocenters. The fourth-order valence-electron chi connectivity index (χ4n) is 10.2. The van der Waals surface area contributed by atoms with Crippen molar-refractivity contribution < 1.29 is 67.6 Å². The summed E-state index contributed by atoms with van der Waals surface area (Å²) in [6.07, 6.45) is -7.42. The quantitative estimate of drug-likeness (QED) is 0.141. The van der Waals surface area contributed by atoms with E-state index in [0.29, 0.717) is 37.6 Å². The molecule has 1 amide bonds. The topological polar surface area (TPSA) is 224 Å². The van der Waals surface area contributed by atoms with Gasteiger partial charge in [-0.25, -0.2) is 4.98 Å². The Balaban J connectivity index is 1.76. The SMILES string of the molecule is CC[C@H]1OC(=O)[C@H](C)[C@@H](O[C@H]2C[C@@](C)(OC)[C@@H](O)[C@H](C)O2)[C@H](C)[C@@H](O[C@@H]2O[C@H](C)C[C@H](N(C)C)[C@H]2OCCCNC(=O)c2nc(C)oc2C)[C@](C)(O)C[C@@H](C)CN(C)[C@H](C)[C@@H](O)[C@]1(C)O. The Hall–Kier alpha value is -2.33. The van der Waals surface area contributed by atoms with Crippen LogP contribution < -0.4 is 5.32 Å². The van der Waals surface area contributed by atoms with Crippen molar-refractivity contribution in [3.05, 3.63) is 17.3 Å². The predicted molar refractivity (Wildman–Crippen MR) is 241 cm³/mol. The van der Waals surface area contributed by atoms with Crippen LogP contribution in [-0.4, -0.2) is 185 Å². The van der Waals surface area contributed by atoms with Gasteiger partial charge in [0.25, 0.3) is 5.91 Å². The zero-order valence-corrected chi connectivity index (χ0v) is 42.0. The van der Waals surface area contributed by atoms with Gasteiger partial charge < -0.3 is 73.1 Å². The van der Waals surface area contributed by atoms with Crippen molar-refractivity contribution in [2.75, 3.05) is 47.9 Å². The molecular formula is C47H84N4O14. The van der Waals surface area contributed by atoms with Gasteiger partial charge in [-0.15, -0.1) is 0 Å². The Labute approximate surface area is 387 Å². The van der Waals surface area contributed by atoms with Gasteiger partial charge in [0.1, 0.15) is 35.8 Å². The van der Waals surface area contributed by atoms with Gasteiger partial charge in [-0.2, -0.15) is 0 Å². The number of nitrogens with one attached hydrogen (secondary N) is 1. The third kappa shape index (κ3) is 13.3. The van der Waals surface area contributed by atoms with E-state index in [1.807, 2.05) is 53.7 Å². The average Bonchev–Trinajstić information content (AvgIpc) is 3.58. The molecule has 5 N–H and O–H groups in total. The molecule has 0 radical (unpaired) electrons. The number of carbonyl (C=O) groups excluding carboxylic acids is 2. The monoisotopic (exact) mass is 929 g/mol. The Bertz CT molecular complexity index is 1680. The van der Waals surface area contributed by atoms with Gasteiger partial charge in [0.15, 0.2) is 24.2 Å². The molecule has 376 valence electrons. The van der Waals surface area contributed by atoms with Gasteiger partial charge in [-0.1, -0.05) is 20.8 Å². The summed E-state index contributed by atoms with van der Waals surface area (Å²) < 4.78 is 50.8. The number of oxazole rings is 1. The summed E-state index contributed by atoms with van der Waals surface area (Å²) in [6, 6.07) is -0.732. The Morgan fingerprint density at radius 3 is 2.23 bits per heavy atom. The van der Waals surface area contributed by atoms with E-state index in [1.54, 1.807) is 48.5 Å². The molecule has 3 saturated heterocycles. The van der Waals surface area contributed by atoms with E-state index in [-0.39, 0.29) is 55.5 Å². The number of aromatic nitrogens is 1. The summed E-state index contributed by atoms with van der Waals surface area (Å²) in [5.74, 6) is -2.16. The highest BCUT2D eigenvalue weighted by Crippen LogP contribution is 2.40. The molecule has 18 nitrogen and oxygen atoms in total. The number of nitrogens with zero attached hydrogens (tertiary/aromatic N) is 3. The zero-order chi connectivity index (χ0) is 48.9. The molecule has 3 aliphatic rings. The molecule has 4 heterocycles. The maximum Gasteiger partial charge on any atom is 0.311 e. The summed E-state index contributed by atoms with van der Waals surface area (Å²) in [7, 11) is 7.29. The number of esters is 1. The molecule has 18 atom stereocenters. The maximum absolute atomic E-state index is 14.5. The molecule has 0 aromatic carbocycles. The van der Waals surface area contributed by atoms with Crippen LogP contribution in [0, 0.1) is 31.6 Å². The molecule has 1 aromatic heterocycles. The molecular weight excluding hydrogens is 845 g/mol. The summed E-state index contributed by atoms with van der Waals surface area (Å²) in [5.41, 5.74) is -4.23. The predicted octanol–water partition coefficient (Wildman–Crippen LogP) is 3.35. The normalized spacial score (nSPS) is 42.0. The van der Waals surface area contributed by atoms with Crippen LogP contribution in [0.3, 0.4) is 0 Å². The number of likely N-dealkylation sites (N-methyl/N-ethyl adjacent to an activating group) is 2. The van der Waals surface area contributed by atoms with E-state index in [9.17, 15) is 30.0 Å². The fraction of sp³-hybridized carbons (Fsp3) is 0.894. The third-order valence-electron chi connectivity index (χ3n) is 14.2. The van der Waals surface area contributed by atoms with Crippen LogP contribution >= 0.6 is 0 Å². The molecule has 0 spiro atoms. The molecule has 0 aliphatic carbocycles. The first-order chi connectivity index (χ1) is 30.2. The van der Waals surface area contributed by atoms with Gasteiger partial charge in [-0.05, 0) is 108 Å². The van der Waals surface area contributed by atoms with Crippen LogP contribution in [0.2, 0.25) is 0 Å². The molecule has 3 fully saturated rings. The molecule has 3 aliphatic heterocycles. The van der Waals surface area contributed by atoms with Crippen LogP contribution in [0.4, 0.5) is 0 Å². The van der Waals surface area contributed by atoms with E-state index in [4.69, 9.17) is 37.6 Å². The lowest BCUT2D eigenvalue weighted by molar-refractivity contribution is -0.321. The van der Waals surface area contributed by atoms with Crippen molar-refractivity contribution in [1.29, 1.82) is 0 Å². The molecule has 1 aromatic rings. The molecule has 4 rings (SSSR count). The van der Waals surface area contributed by atoms with E-state index < -0.39 is 96.0 Å². The molecule has 0 saturated carbocycles. The Morgan fingerprint density at radius 1 is 0.985 bits per heavy atom. The third-order valence-corrected chi connectivity index (χ3v) is 14.2. The van der Waals surface area contributed by atoms with Crippen molar-refractivity contribution in [3.63, 3.8) is 0 Å². The first kappa shape index (κ1) is 55.3. The first-order valence-corrected chi connectivity index (χ1v) is 23.6. The highest BCUT2D eigenvalue weighted by atomic mass is 16.7. The second-order valence-corrected chi connectivity index (χ2v) is 20.3. The summed E-state index contributed by atoms with van der Waals surface area (Å²) in [4.78, 5) is 35.5. The lowest BCUT2D eigenvalue weighted by atomic mass is 9.77. The van der Waals surface area contributed by atoms with Crippen LogP contribution in [0.15, 0.2) is 4.42 Å². The lowest BCUT2D eigenvalue weighted by Gasteiger charge is -2.49. The second-order valence-electron chi connectivity index (χ2n) is 20.3. The van der Waals surface area contributed by atoms with Crippen molar-refractivity contribution in [3.8, 4) is 0 Å². The summed E-state index contributed by atoms with van der Waals surface area (Å²) >= 11 is 0. The average molecular weight is 929 g/mol. The number of aryl methyl sites for hydroxylation is 2. The van der Waals surface area contributed by atoms with Gasteiger partial charge in [0.05, 0.1) is 41.5 Å². The largest absolute Gasteiger partial charge is 0.459 e. The van der Waals surface area contributed by atoms with E-state index in [1.165, 1.54) is 14.0 Å². The number of hydrogen-bond acceptors (Lipinski definition) is 17. The van der Waals surface area contributed by atoms with Gasteiger partial charge in [-0.3, -0.25) is 9.59 Å². The first-order valence-electron chi connectivity index (χ1n) is 23.6. The second kappa shape index (κ2) is 22.9. The van der Waals surface area contributed by atoms with E-state index >= 15 is 0 Å². The van der Waals surface area contributed by atoms with Gasteiger partial charge >= 0.3 is 5.97 Å². The van der Waals surface area contributed by atoms with Crippen molar-refractivity contribution in [1.82, 2.24) is 20.1 Å². The number of aliphatic hydroxyl groups is 4. The summed E-state index contributed by atoms with van der Waals surface area (Å²) in [6.45, 7) is 22.1. The standard InChI is InChI=1S/C47H84N4O14/c1-17-34-47(12,57)39(52)29(6)51(15)24-25(2)22-45(10,56)41(27(4)37(28(5)43(55)63-34)64-35-23-46(11,58-16)40(53)31(8)62-35)65-44-38(33(50(13)14)21-26(3)60-44)59-20-18-19-48-42(54)36-30(7)61-32(9)49-36/h25-29,31,33-35,37-41,44,52-53,56-57H,17-24H2,1-16H3,(H,48,54)/t25-,26-,27+,28-,29-,31+,33+,34-,35+,37+,38-,39-,40+,41-,44+,45-,46-,47-/m1/s1. The minimum atomic E-state index is -1.83. The lowest BCUT2D eigenvalue weighted by Crippen LogP contribution is -2.61. The molecule has 0 bridgehead atoms. The summed E-state index contributed by atoms with van der Waals surface area (Å²) in [5, 5.41) is 50.4. The highest BCUT2D eigenvalue weighted by Gasteiger charge is 2.53. The number of ether oxygens (including phenoxy) is 7. The maximum atomic E-state index is 14.5. The Kier molecular flexibility index (Phi) is 19.4. The van der Waals surface area contributed by atoms with Crippen molar-refractivity contribution in [2.24, 2.45) is 17.8 Å². The zero-order valence-electron chi connectivity index (χ0n) is 42.0. The highest BCUT2D eigenvalue weighted by molar-refractivity contribution is 5.93. The Morgan fingerprint density at radius 2 is 1.65 bits per heavy atom. The van der Waals surface area contributed by atoms with E-state index in [2.05, 4.69) is 15.2 Å². The van der Waals surface area contributed by atoms with Crippen molar-refractivity contribution >= 4 is 11.9 Å². The van der Waals surface area contributed by atoms with Crippen LogP contribution in [0.1, 0.15) is 123 Å². The number of hydrogen-bond donors (Lipinski definition) is 5. The van der Waals surface area contributed by atoms with Crippen LogP contribution in [0.5, 0.6) is 0 Å². The minimum Gasteiger partial charge on any atom is -0.459 e. The molecule has 65 heavy (non-hydrogen) atoms. The molecule has 18 heteroatoms. The van der Waals surface area contributed by atoms with Crippen LogP contribution in [0.25, 0.3) is 0 Å². The van der Waals surface area contributed by atoms with Crippen LogP contribution in [-0.2, 0) is 38.0 Å². The number of aliphatic hydroxyl groups excluding tert-OH is 2. The number of cyclic esters (lactones) is 1. The van der Waals surface area contributed by atoms with Crippen molar-refractivity contribution in [2.45, 2.75) is 205 Å². The number of amides is 1.